The van der Waals surface area contributed by atoms with E-state index in [0.717, 1.165) is 28.9 Å². The molecule has 2 rings (SSSR count). The van der Waals surface area contributed by atoms with E-state index in [9.17, 15) is 4.79 Å². The summed E-state index contributed by atoms with van der Waals surface area (Å²) in [5.74, 6) is 0. The van der Waals surface area contributed by atoms with E-state index in [-0.39, 0.29) is 5.56 Å². The Morgan fingerprint density at radius 1 is 1.44 bits per heavy atom. The number of aryl methyl sites for hydroxylation is 2. The van der Waals surface area contributed by atoms with Crippen LogP contribution in [0.15, 0.2) is 29.5 Å². The Morgan fingerprint density at radius 3 is 2.88 bits per heavy atom. The first-order valence-electron chi connectivity index (χ1n) is 5.21. The maximum Gasteiger partial charge on any atom is 0.248 e. The highest BCUT2D eigenvalue weighted by atomic mass is 16.1. The number of aromatic nitrogens is 3. The molecule has 82 valence electrons. The molecule has 0 atom stereocenters. The first-order chi connectivity index (χ1) is 7.72. The van der Waals surface area contributed by atoms with E-state index < -0.39 is 0 Å². The number of hydrogen-bond acceptors (Lipinski definition) is 3. The van der Waals surface area contributed by atoms with Crippen LogP contribution in [-0.2, 0) is 6.42 Å². The normalized spacial score (nSPS) is 10.4. The highest BCUT2D eigenvalue weighted by molar-refractivity contribution is 5.65. The summed E-state index contributed by atoms with van der Waals surface area (Å²) < 4.78 is 0. The molecule has 4 heteroatoms. The van der Waals surface area contributed by atoms with Crippen molar-refractivity contribution in [3.63, 3.8) is 0 Å². The summed E-state index contributed by atoms with van der Waals surface area (Å²) in [4.78, 5) is 22.3. The lowest BCUT2D eigenvalue weighted by atomic mass is 10.0. The third kappa shape index (κ3) is 1.86. The van der Waals surface area contributed by atoms with E-state index in [1.54, 1.807) is 12.3 Å². The number of nitrogens with one attached hydrogen (secondary N) is 1. The number of H-pyrrole nitrogens is 1. The molecule has 0 saturated heterocycles. The minimum Gasteiger partial charge on any atom is -0.326 e. The molecule has 2 aromatic heterocycles. The summed E-state index contributed by atoms with van der Waals surface area (Å²) in [7, 11) is 0. The average Bonchev–Trinajstić information content (AvgIpc) is 2.29. The Kier molecular flexibility index (Phi) is 2.81. The molecule has 1 N–H and O–H groups in total. The lowest BCUT2D eigenvalue weighted by Gasteiger charge is -2.09. The molecule has 2 heterocycles. The van der Waals surface area contributed by atoms with Gasteiger partial charge in [0.25, 0.3) is 0 Å². The van der Waals surface area contributed by atoms with Gasteiger partial charge in [0.2, 0.25) is 5.56 Å². The molecule has 0 aliphatic heterocycles. The van der Waals surface area contributed by atoms with Crippen molar-refractivity contribution in [1.29, 1.82) is 0 Å². The van der Waals surface area contributed by atoms with Crippen molar-refractivity contribution in [2.45, 2.75) is 20.3 Å². The fourth-order valence-electron chi connectivity index (χ4n) is 1.83. The molecule has 0 radical (unpaired) electrons. The van der Waals surface area contributed by atoms with Gasteiger partial charge in [-0.3, -0.25) is 4.79 Å². The van der Waals surface area contributed by atoms with Crippen LogP contribution in [0.5, 0.6) is 0 Å². The van der Waals surface area contributed by atoms with Gasteiger partial charge in [-0.05, 0) is 25.0 Å². The second-order valence-corrected chi connectivity index (χ2v) is 3.61. The lowest BCUT2D eigenvalue weighted by Crippen LogP contribution is -2.10. The van der Waals surface area contributed by atoms with Gasteiger partial charge in [0.05, 0.1) is 5.69 Å². The Morgan fingerprint density at radius 2 is 2.25 bits per heavy atom. The number of hydrogen-bond donors (Lipinski definition) is 1. The maximum atomic E-state index is 11.4. The first-order valence-corrected chi connectivity index (χ1v) is 5.21. The van der Waals surface area contributed by atoms with E-state index in [1.165, 1.54) is 6.33 Å². The van der Waals surface area contributed by atoms with Crippen LogP contribution in [-0.4, -0.2) is 15.0 Å². The molecule has 0 aliphatic carbocycles. The summed E-state index contributed by atoms with van der Waals surface area (Å²) in [6.45, 7) is 3.91. The van der Waals surface area contributed by atoms with E-state index >= 15 is 0 Å². The van der Waals surface area contributed by atoms with Gasteiger partial charge < -0.3 is 4.98 Å². The van der Waals surface area contributed by atoms with Crippen molar-refractivity contribution in [1.82, 2.24) is 15.0 Å². The molecule has 2 aromatic rings. The first kappa shape index (κ1) is 10.5. The SMILES string of the molecule is CCc1cc(=O)[nH]c(C)c1-c1ccncn1. The van der Waals surface area contributed by atoms with Crippen molar-refractivity contribution in [2.24, 2.45) is 0 Å². The van der Waals surface area contributed by atoms with Crippen LogP contribution in [0.25, 0.3) is 11.3 Å². The Bertz CT molecular complexity index is 546. The van der Waals surface area contributed by atoms with Gasteiger partial charge >= 0.3 is 0 Å². The highest BCUT2D eigenvalue weighted by Gasteiger charge is 2.09. The molecule has 0 fully saturated rings. The molecule has 0 spiro atoms. The predicted octanol–water partition coefficient (Wildman–Crippen LogP) is 1.70. The quantitative estimate of drug-likeness (QED) is 0.829. The second-order valence-electron chi connectivity index (χ2n) is 3.61. The van der Waals surface area contributed by atoms with Crippen molar-refractivity contribution in [3.05, 3.63) is 46.3 Å². The van der Waals surface area contributed by atoms with Gasteiger partial charge in [0, 0.05) is 23.5 Å². The van der Waals surface area contributed by atoms with E-state index in [0.29, 0.717) is 0 Å². The second kappa shape index (κ2) is 4.26. The zero-order valence-corrected chi connectivity index (χ0v) is 9.32. The largest absolute Gasteiger partial charge is 0.326 e. The van der Waals surface area contributed by atoms with Crippen molar-refractivity contribution >= 4 is 0 Å². The van der Waals surface area contributed by atoms with Crippen LogP contribution in [0.1, 0.15) is 18.2 Å². The highest BCUT2D eigenvalue weighted by Crippen LogP contribution is 2.22. The zero-order valence-electron chi connectivity index (χ0n) is 9.32. The zero-order chi connectivity index (χ0) is 11.5. The van der Waals surface area contributed by atoms with E-state index in [2.05, 4.69) is 15.0 Å². The Labute approximate surface area is 93.4 Å². The van der Waals surface area contributed by atoms with Gasteiger partial charge in [-0.2, -0.15) is 0 Å². The number of aromatic amines is 1. The number of nitrogens with zero attached hydrogens (tertiary/aromatic N) is 2. The van der Waals surface area contributed by atoms with Crippen LogP contribution >= 0.6 is 0 Å². The maximum absolute atomic E-state index is 11.4. The van der Waals surface area contributed by atoms with Crippen molar-refractivity contribution in [3.8, 4) is 11.3 Å². The molecule has 16 heavy (non-hydrogen) atoms. The van der Waals surface area contributed by atoms with Crippen LogP contribution in [0.3, 0.4) is 0 Å². The number of pyridine rings is 1. The summed E-state index contributed by atoms with van der Waals surface area (Å²) in [6, 6.07) is 3.48. The third-order valence-corrected chi connectivity index (χ3v) is 2.53. The fraction of sp³-hybridized carbons (Fsp3) is 0.250. The molecule has 0 amide bonds. The van der Waals surface area contributed by atoms with Crippen molar-refractivity contribution in [2.75, 3.05) is 0 Å². The molecule has 0 bridgehead atoms. The average molecular weight is 215 g/mol. The van der Waals surface area contributed by atoms with Gasteiger partial charge in [-0.1, -0.05) is 6.92 Å². The molecular weight excluding hydrogens is 202 g/mol. The van der Waals surface area contributed by atoms with Crippen molar-refractivity contribution < 1.29 is 0 Å². The summed E-state index contributed by atoms with van der Waals surface area (Å²) in [5, 5.41) is 0. The van der Waals surface area contributed by atoms with Gasteiger partial charge in [-0.25, -0.2) is 9.97 Å². The van der Waals surface area contributed by atoms with Crippen LogP contribution in [0.2, 0.25) is 0 Å². The summed E-state index contributed by atoms with van der Waals surface area (Å²) in [6.07, 6.45) is 4.02. The van der Waals surface area contributed by atoms with Gasteiger partial charge in [0.15, 0.2) is 0 Å². The molecule has 0 aliphatic rings. The van der Waals surface area contributed by atoms with Crippen LogP contribution in [0, 0.1) is 6.92 Å². The monoisotopic (exact) mass is 215 g/mol. The summed E-state index contributed by atoms with van der Waals surface area (Å²) in [5.41, 5.74) is 3.65. The van der Waals surface area contributed by atoms with Gasteiger partial charge in [0.1, 0.15) is 6.33 Å². The molecule has 0 unspecified atom stereocenters. The van der Waals surface area contributed by atoms with E-state index in [1.807, 2.05) is 19.9 Å². The fourth-order valence-corrected chi connectivity index (χ4v) is 1.83. The van der Waals surface area contributed by atoms with Crippen LogP contribution < -0.4 is 5.56 Å². The van der Waals surface area contributed by atoms with Crippen LogP contribution in [0.4, 0.5) is 0 Å². The molecule has 0 saturated carbocycles. The molecular formula is C12H13N3O. The topological polar surface area (TPSA) is 58.6 Å². The summed E-state index contributed by atoms with van der Waals surface area (Å²) >= 11 is 0. The minimum absolute atomic E-state index is 0.0628. The molecule has 4 nitrogen and oxygen atoms in total. The van der Waals surface area contributed by atoms with Gasteiger partial charge in [-0.15, -0.1) is 0 Å². The molecule has 0 aromatic carbocycles. The Hall–Kier alpha value is -1.97. The van der Waals surface area contributed by atoms with E-state index in [4.69, 9.17) is 0 Å². The lowest BCUT2D eigenvalue weighted by molar-refractivity contribution is 1.05. The minimum atomic E-state index is -0.0628. The Balaban J connectivity index is 2.69. The standard InChI is InChI=1S/C12H13N3O/c1-3-9-6-11(16)15-8(2)12(9)10-4-5-13-7-14-10/h4-7H,3H2,1-2H3,(H,15,16). The smallest absolute Gasteiger partial charge is 0.248 e. The predicted molar refractivity (Wildman–Crippen MR) is 62.2 cm³/mol. The third-order valence-electron chi connectivity index (χ3n) is 2.53. The number of rotatable bonds is 2.